The Hall–Kier alpha value is -3.53. The number of aryl methyl sites for hydroxylation is 1. The predicted octanol–water partition coefficient (Wildman–Crippen LogP) is 6.01. The van der Waals surface area contributed by atoms with E-state index in [0.717, 1.165) is 49.6 Å². The van der Waals surface area contributed by atoms with Crippen LogP contribution in [0.3, 0.4) is 0 Å². The first-order chi connectivity index (χ1) is 19.3. The number of carboxylic acid groups (broad SMARTS) is 1. The minimum atomic E-state index is -2.25. The summed E-state index contributed by atoms with van der Waals surface area (Å²) in [6.45, 7) is 0.507. The number of anilines is 1. The zero-order valence-corrected chi connectivity index (χ0v) is 23.6. The number of pyridine rings is 1. The van der Waals surface area contributed by atoms with Crippen LogP contribution in [0, 0.1) is 0 Å². The number of hydrogen-bond acceptors (Lipinski definition) is 8. The lowest BCUT2D eigenvalue weighted by molar-refractivity contribution is -0.136. The third-order valence-electron chi connectivity index (χ3n) is 6.21. The van der Waals surface area contributed by atoms with Gasteiger partial charge in [-0.2, -0.15) is 0 Å². The van der Waals surface area contributed by atoms with Crippen molar-refractivity contribution >= 4 is 29.5 Å². The molecule has 3 aromatic rings. The molecule has 214 valence electrons. The Labute approximate surface area is 239 Å². The van der Waals surface area contributed by atoms with Crippen molar-refractivity contribution < 1.29 is 29.6 Å². The Bertz CT molecular complexity index is 1250. The van der Waals surface area contributed by atoms with E-state index in [1.165, 1.54) is 30.5 Å². The van der Waals surface area contributed by atoms with E-state index in [9.17, 15) is 15.0 Å². The molecule has 0 atom stereocenters. The second-order valence-corrected chi connectivity index (χ2v) is 10.6. The van der Waals surface area contributed by atoms with Crippen LogP contribution in [-0.2, 0) is 16.3 Å². The number of rotatable bonds is 17. The van der Waals surface area contributed by atoms with E-state index in [4.69, 9.17) is 20.3 Å². The van der Waals surface area contributed by atoms with E-state index in [1.54, 1.807) is 43.5 Å². The molecule has 0 bridgehead atoms. The van der Waals surface area contributed by atoms with Crippen molar-refractivity contribution in [1.82, 2.24) is 4.98 Å². The second kappa shape index (κ2) is 15.9. The number of carbonyl (C=O) groups is 1. The standard InChI is InChI=1S/C31H38N2O6S/c1-38-26-17-15-23(16-18-26)10-6-4-2-3-5-7-21-39-28-19-20-29(33-27(28)13-9-14-30(34)35)40-31(36,37)24-11-8-12-25(32)22-24/h8-9,11-13,15-20,22,36-37H,2-7,10,14,21,32H2,1H3,(H,34,35). The molecule has 1 aromatic heterocycles. The van der Waals surface area contributed by atoms with E-state index in [-0.39, 0.29) is 12.0 Å². The van der Waals surface area contributed by atoms with Gasteiger partial charge >= 0.3 is 5.97 Å². The molecule has 0 aliphatic heterocycles. The maximum Gasteiger partial charge on any atom is 0.307 e. The molecular formula is C31H38N2O6S. The number of thioether (sulfide) groups is 1. The van der Waals surface area contributed by atoms with Crippen molar-refractivity contribution in [3.8, 4) is 11.5 Å². The zero-order valence-electron chi connectivity index (χ0n) is 22.8. The molecule has 0 aliphatic carbocycles. The summed E-state index contributed by atoms with van der Waals surface area (Å²) in [6, 6.07) is 17.9. The fourth-order valence-corrected chi connectivity index (χ4v) is 4.89. The number of benzene rings is 2. The first-order valence-corrected chi connectivity index (χ1v) is 14.2. The second-order valence-electron chi connectivity index (χ2n) is 9.44. The molecule has 0 radical (unpaired) electrons. The van der Waals surface area contributed by atoms with Crippen molar-refractivity contribution in [3.63, 3.8) is 0 Å². The minimum Gasteiger partial charge on any atom is -0.497 e. The van der Waals surface area contributed by atoms with Gasteiger partial charge in [0.25, 0.3) is 0 Å². The molecule has 8 nitrogen and oxygen atoms in total. The van der Waals surface area contributed by atoms with Crippen LogP contribution >= 0.6 is 11.8 Å². The molecule has 0 unspecified atom stereocenters. The van der Waals surface area contributed by atoms with Crippen LogP contribution in [0.1, 0.15) is 61.8 Å². The number of aliphatic hydroxyl groups is 2. The molecule has 0 spiro atoms. The summed E-state index contributed by atoms with van der Waals surface area (Å²) in [5.74, 6) is 0.432. The maximum atomic E-state index is 11.0. The number of aliphatic carboxylic acids is 1. The monoisotopic (exact) mass is 566 g/mol. The van der Waals surface area contributed by atoms with Gasteiger partial charge in [0.15, 0.2) is 0 Å². The molecule has 40 heavy (non-hydrogen) atoms. The van der Waals surface area contributed by atoms with Crippen LogP contribution in [0.2, 0.25) is 0 Å². The lowest BCUT2D eigenvalue weighted by Gasteiger charge is -2.21. The summed E-state index contributed by atoms with van der Waals surface area (Å²) in [5, 5.41) is 28.3. The Kier molecular flexibility index (Phi) is 12.3. The number of nitrogen functional groups attached to an aromatic ring is 1. The highest BCUT2D eigenvalue weighted by molar-refractivity contribution is 7.99. The predicted molar refractivity (Wildman–Crippen MR) is 158 cm³/mol. The first-order valence-electron chi connectivity index (χ1n) is 13.4. The summed E-state index contributed by atoms with van der Waals surface area (Å²) in [7, 11) is 1.67. The Balaban J connectivity index is 1.47. The van der Waals surface area contributed by atoms with Gasteiger partial charge < -0.3 is 30.5 Å². The van der Waals surface area contributed by atoms with Crippen molar-refractivity contribution in [3.05, 3.63) is 83.6 Å². The fourth-order valence-electron chi connectivity index (χ4n) is 4.07. The highest BCUT2D eigenvalue weighted by Gasteiger charge is 2.28. The molecule has 9 heteroatoms. The van der Waals surface area contributed by atoms with E-state index in [1.807, 2.05) is 12.1 Å². The lowest BCUT2D eigenvalue weighted by Crippen LogP contribution is -2.20. The zero-order chi connectivity index (χ0) is 28.8. The quantitative estimate of drug-likeness (QED) is 0.0670. The number of unbranched alkanes of at least 4 members (excludes halogenated alkanes) is 5. The highest BCUT2D eigenvalue weighted by Crippen LogP contribution is 2.37. The largest absolute Gasteiger partial charge is 0.497 e. The van der Waals surface area contributed by atoms with Gasteiger partial charge in [-0.3, -0.25) is 4.79 Å². The summed E-state index contributed by atoms with van der Waals surface area (Å²) in [6.07, 6.45) is 10.5. The topological polar surface area (TPSA) is 135 Å². The third-order valence-corrected chi connectivity index (χ3v) is 7.17. The number of ether oxygens (including phenoxy) is 2. The first kappa shape index (κ1) is 31.0. The van der Waals surface area contributed by atoms with E-state index >= 15 is 0 Å². The minimum absolute atomic E-state index is 0.163. The molecule has 5 N–H and O–H groups in total. The van der Waals surface area contributed by atoms with Gasteiger partial charge in [0, 0.05) is 11.3 Å². The smallest absolute Gasteiger partial charge is 0.307 e. The molecule has 2 aromatic carbocycles. The average Bonchev–Trinajstić information content (AvgIpc) is 2.93. The Morgan fingerprint density at radius 1 is 1.00 bits per heavy atom. The van der Waals surface area contributed by atoms with Crippen LogP contribution in [0.25, 0.3) is 6.08 Å². The van der Waals surface area contributed by atoms with Gasteiger partial charge in [0.1, 0.15) is 22.2 Å². The summed E-state index contributed by atoms with van der Waals surface area (Å²) < 4.78 is 11.2. The van der Waals surface area contributed by atoms with E-state index < -0.39 is 11.1 Å². The number of methoxy groups -OCH3 is 1. The van der Waals surface area contributed by atoms with Gasteiger partial charge in [-0.05, 0) is 79.1 Å². The normalized spacial score (nSPS) is 11.6. The van der Waals surface area contributed by atoms with Crippen LogP contribution < -0.4 is 15.2 Å². The van der Waals surface area contributed by atoms with Crippen molar-refractivity contribution in [2.75, 3.05) is 19.5 Å². The van der Waals surface area contributed by atoms with Crippen LogP contribution in [0.5, 0.6) is 11.5 Å². The van der Waals surface area contributed by atoms with Gasteiger partial charge in [0.05, 0.1) is 20.1 Å². The SMILES string of the molecule is COc1ccc(CCCCCCCCOc2ccc(SC(O)(O)c3cccc(N)c3)nc2C=CCC(=O)O)cc1. The van der Waals surface area contributed by atoms with Crippen molar-refractivity contribution in [1.29, 1.82) is 0 Å². The van der Waals surface area contributed by atoms with Crippen LogP contribution in [0.15, 0.2) is 71.8 Å². The van der Waals surface area contributed by atoms with Crippen molar-refractivity contribution in [2.45, 2.75) is 61.5 Å². The van der Waals surface area contributed by atoms with Gasteiger partial charge in [-0.1, -0.05) is 56.0 Å². The summed E-state index contributed by atoms with van der Waals surface area (Å²) in [4.78, 5) is 15.4. The highest BCUT2D eigenvalue weighted by atomic mass is 32.2. The molecule has 1 heterocycles. The van der Waals surface area contributed by atoms with Crippen LogP contribution in [0.4, 0.5) is 5.69 Å². The fraction of sp³-hybridized carbons (Fsp3) is 0.355. The van der Waals surface area contributed by atoms with E-state index in [0.29, 0.717) is 28.8 Å². The van der Waals surface area contributed by atoms with E-state index in [2.05, 4.69) is 17.1 Å². The number of aromatic nitrogens is 1. The number of nitrogens with two attached hydrogens (primary N) is 1. The Morgan fingerprint density at radius 3 is 2.42 bits per heavy atom. The third kappa shape index (κ3) is 10.6. The molecule has 3 rings (SSSR count). The van der Waals surface area contributed by atoms with Gasteiger partial charge in [0.2, 0.25) is 5.12 Å². The Morgan fingerprint density at radius 2 is 1.73 bits per heavy atom. The van der Waals surface area contributed by atoms with Gasteiger partial charge in [-0.25, -0.2) is 4.98 Å². The summed E-state index contributed by atoms with van der Waals surface area (Å²) >= 11 is 0.745. The molecule has 0 fully saturated rings. The molecule has 0 aliphatic rings. The molecular weight excluding hydrogens is 528 g/mol. The molecule has 0 amide bonds. The number of nitrogens with zero attached hydrogens (tertiary/aromatic N) is 1. The number of hydrogen-bond donors (Lipinski definition) is 4. The van der Waals surface area contributed by atoms with Crippen LogP contribution in [-0.4, -0.2) is 40.0 Å². The van der Waals surface area contributed by atoms with Gasteiger partial charge in [-0.15, -0.1) is 0 Å². The lowest BCUT2D eigenvalue weighted by atomic mass is 10.0. The average molecular weight is 567 g/mol. The number of carboxylic acids is 1. The molecule has 0 saturated heterocycles. The van der Waals surface area contributed by atoms with Crippen molar-refractivity contribution in [2.24, 2.45) is 0 Å². The molecule has 0 saturated carbocycles. The summed E-state index contributed by atoms with van der Waals surface area (Å²) in [5.41, 5.74) is 8.16. The maximum absolute atomic E-state index is 11.0.